The SMILES string of the molecule is CC(C)(C)OC(=O)C(C)(C)COc1ccccc1-c1ccc(C(=O)O)c(Cl)c1. The molecule has 0 saturated heterocycles. The highest BCUT2D eigenvalue weighted by atomic mass is 35.5. The van der Waals surface area contributed by atoms with Crippen molar-refractivity contribution in [2.75, 3.05) is 6.61 Å². The van der Waals surface area contributed by atoms with Gasteiger partial charge in [0, 0.05) is 5.56 Å². The zero-order valence-electron chi connectivity index (χ0n) is 16.7. The third-order valence-electron chi connectivity index (χ3n) is 3.94. The van der Waals surface area contributed by atoms with Crippen LogP contribution in [0.5, 0.6) is 5.75 Å². The number of para-hydroxylation sites is 1. The molecule has 0 saturated carbocycles. The normalized spacial score (nSPS) is 11.8. The van der Waals surface area contributed by atoms with E-state index in [1.165, 1.54) is 6.07 Å². The molecule has 0 aliphatic carbocycles. The Morgan fingerprint density at radius 3 is 2.25 bits per heavy atom. The zero-order chi connectivity index (χ0) is 21.1. The topological polar surface area (TPSA) is 72.8 Å². The van der Waals surface area contributed by atoms with Gasteiger partial charge in [-0.25, -0.2) is 4.79 Å². The predicted molar refractivity (Wildman–Crippen MR) is 109 cm³/mol. The standard InChI is InChI=1S/C22H25ClO5/c1-21(2,3)28-20(26)22(4,5)13-27-18-9-7-6-8-15(18)14-10-11-16(19(24)25)17(23)12-14/h6-12H,13H2,1-5H3,(H,24,25). The molecule has 0 aromatic heterocycles. The van der Waals surface area contributed by atoms with E-state index in [-0.39, 0.29) is 23.2 Å². The fourth-order valence-corrected chi connectivity index (χ4v) is 2.68. The number of benzene rings is 2. The van der Waals surface area contributed by atoms with Crippen LogP contribution in [0.1, 0.15) is 45.0 Å². The van der Waals surface area contributed by atoms with Crippen molar-refractivity contribution in [3.8, 4) is 16.9 Å². The molecule has 150 valence electrons. The lowest BCUT2D eigenvalue weighted by Gasteiger charge is -2.28. The number of carbonyl (C=O) groups excluding carboxylic acids is 1. The quantitative estimate of drug-likeness (QED) is 0.648. The molecule has 0 spiro atoms. The van der Waals surface area contributed by atoms with E-state index in [9.17, 15) is 9.59 Å². The number of carboxylic acid groups (broad SMARTS) is 1. The van der Waals surface area contributed by atoms with Crippen LogP contribution in [0.15, 0.2) is 42.5 Å². The summed E-state index contributed by atoms with van der Waals surface area (Å²) in [4.78, 5) is 23.6. The Bertz CT molecular complexity index is 881. The van der Waals surface area contributed by atoms with Crippen LogP contribution in [0.25, 0.3) is 11.1 Å². The predicted octanol–water partition coefficient (Wildman–Crippen LogP) is 5.45. The van der Waals surface area contributed by atoms with Gasteiger partial charge in [-0.15, -0.1) is 0 Å². The molecule has 0 atom stereocenters. The lowest BCUT2D eigenvalue weighted by Crippen LogP contribution is -2.37. The lowest BCUT2D eigenvalue weighted by molar-refractivity contribution is -0.167. The largest absolute Gasteiger partial charge is 0.492 e. The summed E-state index contributed by atoms with van der Waals surface area (Å²) in [5.41, 5.74) is 0.0944. The second-order valence-corrected chi connectivity index (χ2v) is 8.58. The van der Waals surface area contributed by atoms with Crippen molar-refractivity contribution in [3.05, 3.63) is 53.1 Å². The molecule has 0 radical (unpaired) electrons. The van der Waals surface area contributed by atoms with Gasteiger partial charge in [0.25, 0.3) is 0 Å². The minimum absolute atomic E-state index is 0.0369. The van der Waals surface area contributed by atoms with E-state index in [2.05, 4.69) is 0 Å². The van der Waals surface area contributed by atoms with Crippen LogP contribution in [-0.4, -0.2) is 29.3 Å². The van der Waals surface area contributed by atoms with Gasteiger partial charge < -0.3 is 14.6 Å². The Hall–Kier alpha value is -2.53. The van der Waals surface area contributed by atoms with Gasteiger partial charge in [-0.2, -0.15) is 0 Å². The Balaban J connectivity index is 2.24. The number of aromatic carboxylic acids is 1. The molecule has 5 nitrogen and oxygen atoms in total. The maximum atomic E-state index is 12.4. The number of ether oxygens (including phenoxy) is 2. The first-order valence-electron chi connectivity index (χ1n) is 8.89. The number of carbonyl (C=O) groups is 2. The number of halogens is 1. The van der Waals surface area contributed by atoms with Gasteiger partial charge in [-0.05, 0) is 58.4 Å². The summed E-state index contributed by atoms with van der Waals surface area (Å²) >= 11 is 6.10. The van der Waals surface area contributed by atoms with Crippen molar-refractivity contribution in [2.24, 2.45) is 5.41 Å². The summed E-state index contributed by atoms with van der Waals surface area (Å²) in [5, 5.41) is 9.28. The summed E-state index contributed by atoms with van der Waals surface area (Å²) < 4.78 is 11.4. The van der Waals surface area contributed by atoms with Crippen molar-refractivity contribution in [1.29, 1.82) is 0 Å². The second kappa shape index (κ2) is 8.23. The van der Waals surface area contributed by atoms with E-state index in [1.807, 2.05) is 39.0 Å². The average Bonchev–Trinajstić information content (AvgIpc) is 2.58. The molecule has 0 amide bonds. The van der Waals surface area contributed by atoms with E-state index in [0.717, 1.165) is 11.1 Å². The van der Waals surface area contributed by atoms with Gasteiger partial charge in [0.2, 0.25) is 0 Å². The first-order chi connectivity index (χ1) is 12.9. The van der Waals surface area contributed by atoms with Gasteiger partial charge in [-0.3, -0.25) is 4.79 Å². The number of rotatable bonds is 6. The van der Waals surface area contributed by atoms with E-state index < -0.39 is 17.0 Å². The number of carboxylic acids is 1. The zero-order valence-corrected chi connectivity index (χ0v) is 17.5. The third kappa shape index (κ3) is 5.49. The molecule has 2 rings (SSSR count). The molecule has 1 N–H and O–H groups in total. The van der Waals surface area contributed by atoms with Crippen LogP contribution in [0.2, 0.25) is 5.02 Å². The molecule has 0 unspecified atom stereocenters. The Morgan fingerprint density at radius 2 is 1.68 bits per heavy atom. The highest BCUT2D eigenvalue weighted by Gasteiger charge is 2.33. The molecule has 0 bridgehead atoms. The first-order valence-corrected chi connectivity index (χ1v) is 9.27. The minimum Gasteiger partial charge on any atom is -0.492 e. The summed E-state index contributed by atoms with van der Waals surface area (Å²) in [5.74, 6) is -0.857. The number of hydrogen-bond acceptors (Lipinski definition) is 4. The maximum absolute atomic E-state index is 12.4. The second-order valence-electron chi connectivity index (χ2n) is 8.17. The Labute approximate surface area is 170 Å². The summed E-state index contributed by atoms with van der Waals surface area (Å²) in [6.07, 6.45) is 0. The van der Waals surface area contributed by atoms with Crippen LogP contribution in [-0.2, 0) is 9.53 Å². The first kappa shape index (κ1) is 21.8. The van der Waals surface area contributed by atoms with Crippen LogP contribution >= 0.6 is 11.6 Å². The van der Waals surface area contributed by atoms with Gasteiger partial charge >= 0.3 is 11.9 Å². The van der Waals surface area contributed by atoms with Crippen molar-refractivity contribution in [3.63, 3.8) is 0 Å². The molecule has 6 heteroatoms. The summed E-state index contributed by atoms with van der Waals surface area (Å²) in [6, 6.07) is 12.0. The summed E-state index contributed by atoms with van der Waals surface area (Å²) in [7, 11) is 0. The highest BCUT2D eigenvalue weighted by Crippen LogP contribution is 2.34. The van der Waals surface area contributed by atoms with Crippen LogP contribution in [0.3, 0.4) is 0 Å². The minimum atomic E-state index is -1.08. The van der Waals surface area contributed by atoms with Crippen molar-refractivity contribution in [2.45, 2.75) is 40.2 Å². The Morgan fingerprint density at radius 1 is 1.04 bits per heavy atom. The van der Waals surface area contributed by atoms with Gasteiger partial charge in [0.1, 0.15) is 18.0 Å². The van der Waals surface area contributed by atoms with Gasteiger partial charge in [0.15, 0.2) is 0 Å². The fourth-order valence-electron chi connectivity index (χ4n) is 2.42. The number of esters is 1. The molecular weight excluding hydrogens is 380 g/mol. The highest BCUT2D eigenvalue weighted by molar-refractivity contribution is 6.33. The van der Waals surface area contributed by atoms with E-state index in [0.29, 0.717) is 5.75 Å². The van der Waals surface area contributed by atoms with Crippen LogP contribution < -0.4 is 4.74 Å². The lowest BCUT2D eigenvalue weighted by atomic mass is 9.94. The molecule has 0 fully saturated rings. The van der Waals surface area contributed by atoms with Crippen molar-refractivity contribution < 1.29 is 24.2 Å². The van der Waals surface area contributed by atoms with Crippen LogP contribution in [0.4, 0.5) is 0 Å². The molecular formula is C22H25ClO5. The molecule has 2 aromatic carbocycles. The fraction of sp³-hybridized carbons (Fsp3) is 0.364. The molecule has 0 aliphatic rings. The van der Waals surface area contributed by atoms with Crippen molar-refractivity contribution >= 4 is 23.5 Å². The third-order valence-corrected chi connectivity index (χ3v) is 4.25. The van der Waals surface area contributed by atoms with Crippen LogP contribution in [0, 0.1) is 5.41 Å². The molecule has 28 heavy (non-hydrogen) atoms. The van der Waals surface area contributed by atoms with E-state index >= 15 is 0 Å². The van der Waals surface area contributed by atoms with Gasteiger partial charge in [0.05, 0.1) is 16.0 Å². The Kier molecular flexibility index (Phi) is 6.40. The smallest absolute Gasteiger partial charge is 0.337 e. The average molecular weight is 405 g/mol. The van der Waals surface area contributed by atoms with E-state index in [1.54, 1.807) is 32.0 Å². The molecule has 0 heterocycles. The monoisotopic (exact) mass is 404 g/mol. The van der Waals surface area contributed by atoms with Gasteiger partial charge in [-0.1, -0.05) is 35.9 Å². The molecule has 0 aliphatic heterocycles. The maximum Gasteiger partial charge on any atom is 0.337 e. The summed E-state index contributed by atoms with van der Waals surface area (Å²) in [6.45, 7) is 9.12. The van der Waals surface area contributed by atoms with E-state index in [4.69, 9.17) is 26.2 Å². The van der Waals surface area contributed by atoms with Crippen molar-refractivity contribution in [1.82, 2.24) is 0 Å². The number of hydrogen-bond donors (Lipinski definition) is 1. The molecule has 2 aromatic rings.